The number of rotatable bonds is 2. The minimum Gasteiger partial charge on any atom is -0.324 e. The summed E-state index contributed by atoms with van der Waals surface area (Å²) in [4.78, 5) is 12.2. The van der Waals surface area contributed by atoms with Crippen molar-refractivity contribution in [2.24, 2.45) is 11.3 Å². The molecule has 0 atom stereocenters. The molecule has 2 rings (SSSR count). The van der Waals surface area contributed by atoms with Crippen LogP contribution in [0.15, 0.2) is 22.7 Å². The number of carbonyl (C=O) groups is 1. The van der Waals surface area contributed by atoms with E-state index in [9.17, 15) is 10.1 Å². The first-order valence-corrected chi connectivity index (χ1v) is 6.72. The maximum absolute atomic E-state index is 12.2. The number of nitrogens with zero attached hydrogens (tertiary/aromatic N) is 2. The lowest BCUT2D eigenvalue weighted by molar-refractivity contribution is -0.128. The minimum atomic E-state index is -0.896. The Morgan fingerprint density at radius 3 is 2.63 bits per heavy atom. The summed E-state index contributed by atoms with van der Waals surface area (Å²) in [6, 6.07) is 9.08. The third-order valence-electron chi connectivity index (χ3n) is 3.39. The van der Waals surface area contributed by atoms with Crippen molar-refractivity contribution in [1.29, 1.82) is 10.5 Å². The second-order valence-corrected chi connectivity index (χ2v) is 5.82. The molecule has 1 fully saturated rings. The maximum atomic E-state index is 12.2. The van der Waals surface area contributed by atoms with Gasteiger partial charge in [0, 0.05) is 4.47 Å². The van der Waals surface area contributed by atoms with Crippen LogP contribution in [0.4, 0.5) is 5.69 Å². The summed E-state index contributed by atoms with van der Waals surface area (Å²) < 4.78 is 0.639. The standard InChI is InChI=1S/C14H12BrN3O/c1-9-5-14(6-9,8-17)13(19)18-12-3-2-10(7-16)4-11(12)15/h2-4,9H,5-6H2,1H3,(H,18,19). The van der Waals surface area contributed by atoms with Crippen molar-refractivity contribution in [3.63, 3.8) is 0 Å². The fourth-order valence-electron chi connectivity index (χ4n) is 2.39. The average Bonchev–Trinajstić information content (AvgIpc) is 2.36. The number of carbonyl (C=O) groups excluding carboxylic acids is 1. The smallest absolute Gasteiger partial charge is 0.244 e. The highest BCUT2D eigenvalue weighted by Gasteiger charge is 2.49. The lowest BCUT2D eigenvalue weighted by atomic mass is 9.63. The molecule has 1 amide bonds. The number of hydrogen-bond acceptors (Lipinski definition) is 3. The highest BCUT2D eigenvalue weighted by Crippen LogP contribution is 2.45. The van der Waals surface area contributed by atoms with E-state index in [-0.39, 0.29) is 5.91 Å². The summed E-state index contributed by atoms with van der Waals surface area (Å²) in [7, 11) is 0. The van der Waals surface area contributed by atoms with E-state index in [1.165, 1.54) is 0 Å². The van der Waals surface area contributed by atoms with Gasteiger partial charge in [-0.15, -0.1) is 0 Å². The first-order valence-electron chi connectivity index (χ1n) is 5.93. The van der Waals surface area contributed by atoms with E-state index in [1.54, 1.807) is 18.2 Å². The van der Waals surface area contributed by atoms with E-state index in [2.05, 4.69) is 27.3 Å². The molecule has 1 aromatic carbocycles. The lowest BCUT2D eigenvalue weighted by Gasteiger charge is -2.39. The van der Waals surface area contributed by atoms with Gasteiger partial charge in [0.15, 0.2) is 0 Å². The van der Waals surface area contributed by atoms with Gasteiger partial charge in [-0.3, -0.25) is 4.79 Å². The third-order valence-corrected chi connectivity index (χ3v) is 4.04. The van der Waals surface area contributed by atoms with Crippen molar-refractivity contribution < 1.29 is 4.79 Å². The van der Waals surface area contributed by atoms with E-state index < -0.39 is 5.41 Å². The molecule has 0 saturated heterocycles. The number of nitriles is 2. The fraction of sp³-hybridized carbons (Fsp3) is 0.357. The van der Waals surface area contributed by atoms with E-state index in [0.717, 1.165) is 0 Å². The molecule has 0 aliphatic heterocycles. The maximum Gasteiger partial charge on any atom is 0.244 e. The molecule has 1 aromatic rings. The van der Waals surface area contributed by atoms with Crippen LogP contribution in [0, 0.1) is 34.0 Å². The number of nitrogens with one attached hydrogen (secondary N) is 1. The Hall–Kier alpha value is -1.85. The summed E-state index contributed by atoms with van der Waals surface area (Å²) in [5.41, 5.74) is 0.197. The zero-order valence-electron chi connectivity index (χ0n) is 10.4. The Kier molecular flexibility index (Phi) is 3.59. The molecule has 1 N–H and O–H groups in total. The Bertz CT molecular complexity index is 606. The summed E-state index contributed by atoms with van der Waals surface area (Å²) in [5, 5.41) is 20.7. The quantitative estimate of drug-likeness (QED) is 0.909. The molecule has 0 unspecified atom stereocenters. The van der Waals surface area contributed by atoms with Gasteiger partial charge in [0.2, 0.25) is 5.91 Å². The highest BCUT2D eigenvalue weighted by atomic mass is 79.9. The van der Waals surface area contributed by atoms with Crippen molar-refractivity contribution in [3.8, 4) is 12.1 Å². The van der Waals surface area contributed by atoms with Crippen LogP contribution in [-0.4, -0.2) is 5.91 Å². The Morgan fingerprint density at radius 2 is 2.16 bits per heavy atom. The Morgan fingerprint density at radius 1 is 1.47 bits per heavy atom. The first-order chi connectivity index (χ1) is 9.00. The zero-order valence-corrected chi connectivity index (χ0v) is 12.0. The molecule has 19 heavy (non-hydrogen) atoms. The van der Waals surface area contributed by atoms with Crippen LogP contribution in [0.25, 0.3) is 0 Å². The predicted octanol–water partition coefficient (Wildman–Crippen LogP) is 3.20. The lowest BCUT2D eigenvalue weighted by Crippen LogP contribution is -2.45. The third kappa shape index (κ3) is 2.47. The summed E-state index contributed by atoms with van der Waals surface area (Å²) in [5.74, 6) is 0.147. The molecule has 0 spiro atoms. The van der Waals surface area contributed by atoms with Crippen LogP contribution in [-0.2, 0) is 4.79 Å². The molecule has 0 bridgehead atoms. The van der Waals surface area contributed by atoms with Crippen molar-refractivity contribution in [3.05, 3.63) is 28.2 Å². The SMILES string of the molecule is CC1CC(C#N)(C(=O)Nc2ccc(C#N)cc2Br)C1. The highest BCUT2D eigenvalue weighted by molar-refractivity contribution is 9.10. The van der Waals surface area contributed by atoms with E-state index >= 15 is 0 Å². The molecule has 1 aliphatic rings. The van der Waals surface area contributed by atoms with Gasteiger partial charge in [0.05, 0.1) is 23.4 Å². The average molecular weight is 318 g/mol. The number of halogens is 1. The first kappa shape index (κ1) is 13.6. The van der Waals surface area contributed by atoms with E-state index in [4.69, 9.17) is 5.26 Å². The van der Waals surface area contributed by atoms with Crippen LogP contribution in [0.2, 0.25) is 0 Å². The second-order valence-electron chi connectivity index (χ2n) is 4.97. The number of anilines is 1. The zero-order chi connectivity index (χ0) is 14.0. The Labute approximate surface area is 120 Å². The molecular formula is C14H12BrN3O. The van der Waals surface area contributed by atoms with Crippen LogP contribution in [0.5, 0.6) is 0 Å². The van der Waals surface area contributed by atoms with Gasteiger partial charge >= 0.3 is 0 Å². The molecular weight excluding hydrogens is 306 g/mol. The summed E-state index contributed by atoms with van der Waals surface area (Å²) in [6.45, 7) is 2.03. The monoisotopic (exact) mass is 317 g/mol. The summed E-state index contributed by atoms with van der Waals surface area (Å²) in [6.07, 6.45) is 1.20. The van der Waals surface area contributed by atoms with Crippen molar-refractivity contribution >= 4 is 27.5 Å². The minimum absolute atomic E-state index is 0.265. The molecule has 0 aromatic heterocycles. The molecule has 0 radical (unpaired) electrons. The van der Waals surface area contributed by atoms with Gasteiger partial charge in [-0.05, 0) is 52.9 Å². The van der Waals surface area contributed by atoms with Crippen LogP contribution in [0.1, 0.15) is 25.3 Å². The van der Waals surface area contributed by atoms with Crippen LogP contribution < -0.4 is 5.32 Å². The van der Waals surface area contributed by atoms with E-state index in [0.29, 0.717) is 34.5 Å². The molecule has 1 aliphatic carbocycles. The molecule has 96 valence electrons. The van der Waals surface area contributed by atoms with Crippen molar-refractivity contribution in [2.45, 2.75) is 19.8 Å². The number of hydrogen-bond donors (Lipinski definition) is 1. The Balaban J connectivity index is 2.16. The summed E-state index contributed by atoms with van der Waals surface area (Å²) >= 11 is 3.31. The van der Waals surface area contributed by atoms with Gasteiger partial charge in [0.25, 0.3) is 0 Å². The second kappa shape index (κ2) is 5.03. The molecule has 0 heterocycles. The predicted molar refractivity (Wildman–Crippen MR) is 73.9 cm³/mol. The largest absolute Gasteiger partial charge is 0.324 e. The molecule has 1 saturated carbocycles. The normalized spacial score (nSPS) is 24.7. The van der Waals surface area contributed by atoms with Gasteiger partial charge in [-0.1, -0.05) is 6.92 Å². The number of amides is 1. The topological polar surface area (TPSA) is 76.7 Å². The van der Waals surface area contributed by atoms with E-state index in [1.807, 2.05) is 13.0 Å². The molecule has 5 heteroatoms. The fourth-order valence-corrected chi connectivity index (χ4v) is 2.86. The van der Waals surface area contributed by atoms with Crippen molar-refractivity contribution in [1.82, 2.24) is 0 Å². The van der Waals surface area contributed by atoms with Crippen molar-refractivity contribution in [2.75, 3.05) is 5.32 Å². The number of benzene rings is 1. The van der Waals surface area contributed by atoms with Crippen LogP contribution >= 0.6 is 15.9 Å². The molecule has 4 nitrogen and oxygen atoms in total. The van der Waals surface area contributed by atoms with Gasteiger partial charge in [0.1, 0.15) is 5.41 Å². The van der Waals surface area contributed by atoms with Gasteiger partial charge in [-0.25, -0.2) is 0 Å². The van der Waals surface area contributed by atoms with Crippen LogP contribution in [0.3, 0.4) is 0 Å². The van der Waals surface area contributed by atoms with Gasteiger partial charge in [-0.2, -0.15) is 10.5 Å². The van der Waals surface area contributed by atoms with Gasteiger partial charge < -0.3 is 5.32 Å².